The molecule has 0 spiro atoms. The molecular formula is C17H20N4O2. The fraction of sp³-hybridized carbons (Fsp3) is 0.353. The zero-order valence-electron chi connectivity index (χ0n) is 13.2. The third kappa shape index (κ3) is 2.97. The van der Waals surface area contributed by atoms with Gasteiger partial charge in [0.05, 0.1) is 0 Å². The van der Waals surface area contributed by atoms with Gasteiger partial charge in [-0.05, 0) is 18.6 Å². The lowest BCUT2D eigenvalue weighted by Gasteiger charge is -2.17. The van der Waals surface area contributed by atoms with Gasteiger partial charge in [0.15, 0.2) is 0 Å². The van der Waals surface area contributed by atoms with Crippen LogP contribution in [0.4, 0.5) is 11.6 Å². The van der Waals surface area contributed by atoms with Crippen molar-refractivity contribution < 1.29 is 4.79 Å². The van der Waals surface area contributed by atoms with Crippen molar-refractivity contribution in [2.45, 2.75) is 26.3 Å². The molecule has 1 N–H and O–H groups in total. The second-order valence-corrected chi connectivity index (χ2v) is 5.53. The standard InChI is InChI=1S/C17H20N4O2/c1-2-3-9-18-15(22)14-12-19-17-20(10-11-21(17)16(14)23)13-7-5-4-6-8-13/h4-8,12H,2-3,9-11H2,1H3,(H,18,22). The maximum Gasteiger partial charge on any atom is 0.267 e. The maximum atomic E-state index is 12.5. The van der Waals surface area contributed by atoms with Gasteiger partial charge in [-0.2, -0.15) is 0 Å². The van der Waals surface area contributed by atoms with Crippen molar-refractivity contribution in [2.75, 3.05) is 18.0 Å². The van der Waals surface area contributed by atoms with Crippen molar-refractivity contribution >= 4 is 17.5 Å². The topological polar surface area (TPSA) is 67.2 Å². The Morgan fingerprint density at radius 2 is 2.04 bits per heavy atom. The van der Waals surface area contributed by atoms with Crippen molar-refractivity contribution in [3.05, 3.63) is 52.4 Å². The lowest BCUT2D eigenvalue weighted by Crippen LogP contribution is -2.33. The minimum atomic E-state index is -0.343. The smallest absolute Gasteiger partial charge is 0.267 e. The summed E-state index contributed by atoms with van der Waals surface area (Å²) in [7, 11) is 0. The lowest BCUT2D eigenvalue weighted by atomic mass is 10.3. The predicted molar refractivity (Wildman–Crippen MR) is 89.2 cm³/mol. The van der Waals surface area contributed by atoms with E-state index in [1.807, 2.05) is 35.2 Å². The lowest BCUT2D eigenvalue weighted by molar-refractivity contribution is 0.0950. The van der Waals surface area contributed by atoms with Crippen LogP contribution in [-0.2, 0) is 6.54 Å². The Hall–Kier alpha value is -2.63. The van der Waals surface area contributed by atoms with E-state index < -0.39 is 0 Å². The van der Waals surface area contributed by atoms with Crippen LogP contribution in [-0.4, -0.2) is 28.5 Å². The van der Waals surface area contributed by atoms with Gasteiger partial charge in [-0.1, -0.05) is 31.5 Å². The number of hydrogen-bond acceptors (Lipinski definition) is 4. The van der Waals surface area contributed by atoms with Gasteiger partial charge in [0.1, 0.15) is 5.56 Å². The molecule has 3 rings (SSSR count). The largest absolute Gasteiger partial charge is 0.352 e. The van der Waals surface area contributed by atoms with Crippen LogP contribution in [0.15, 0.2) is 41.3 Å². The van der Waals surface area contributed by atoms with Gasteiger partial charge in [0.2, 0.25) is 5.95 Å². The van der Waals surface area contributed by atoms with Crippen LogP contribution in [0.3, 0.4) is 0 Å². The van der Waals surface area contributed by atoms with Crippen LogP contribution in [0.1, 0.15) is 30.1 Å². The summed E-state index contributed by atoms with van der Waals surface area (Å²) in [6.45, 7) is 3.84. The molecule has 2 aromatic rings. The van der Waals surface area contributed by atoms with Crippen molar-refractivity contribution in [1.29, 1.82) is 0 Å². The van der Waals surface area contributed by atoms with Gasteiger partial charge in [-0.25, -0.2) is 4.98 Å². The molecule has 1 aromatic heterocycles. The molecule has 0 bridgehead atoms. The molecule has 0 fully saturated rings. The van der Waals surface area contributed by atoms with E-state index in [-0.39, 0.29) is 17.0 Å². The van der Waals surface area contributed by atoms with Crippen molar-refractivity contribution in [2.24, 2.45) is 0 Å². The van der Waals surface area contributed by atoms with Crippen LogP contribution in [0.2, 0.25) is 0 Å². The van der Waals surface area contributed by atoms with Gasteiger partial charge in [0, 0.05) is 31.5 Å². The molecule has 0 saturated carbocycles. The highest BCUT2D eigenvalue weighted by Gasteiger charge is 2.25. The second kappa shape index (κ2) is 6.64. The van der Waals surface area contributed by atoms with Gasteiger partial charge in [0.25, 0.3) is 11.5 Å². The van der Waals surface area contributed by atoms with E-state index >= 15 is 0 Å². The Kier molecular flexibility index (Phi) is 4.41. The molecule has 0 atom stereocenters. The summed E-state index contributed by atoms with van der Waals surface area (Å²) >= 11 is 0. The molecule has 2 heterocycles. The number of nitrogens with zero attached hydrogens (tertiary/aromatic N) is 3. The number of nitrogens with one attached hydrogen (secondary N) is 1. The first-order chi connectivity index (χ1) is 11.2. The van der Waals surface area contributed by atoms with Gasteiger partial charge in [-0.15, -0.1) is 0 Å². The fourth-order valence-corrected chi connectivity index (χ4v) is 2.68. The summed E-state index contributed by atoms with van der Waals surface area (Å²) in [6, 6.07) is 9.81. The number of anilines is 2. The van der Waals surface area contributed by atoms with E-state index in [0.29, 0.717) is 25.6 Å². The Balaban J connectivity index is 1.87. The van der Waals surface area contributed by atoms with Crippen LogP contribution in [0.5, 0.6) is 0 Å². The molecule has 1 aliphatic rings. The molecule has 0 radical (unpaired) electrons. The Bertz CT molecular complexity index is 755. The van der Waals surface area contributed by atoms with Crippen LogP contribution in [0.25, 0.3) is 0 Å². The number of hydrogen-bond donors (Lipinski definition) is 1. The molecule has 6 nitrogen and oxygen atoms in total. The van der Waals surface area contributed by atoms with E-state index in [2.05, 4.69) is 17.2 Å². The SMILES string of the molecule is CCCCNC(=O)c1cnc2n(c1=O)CCN2c1ccccc1. The molecule has 1 aliphatic heterocycles. The molecule has 6 heteroatoms. The summed E-state index contributed by atoms with van der Waals surface area (Å²) in [5, 5.41) is 2.77. The van der Waals surface area contributed by atoms with Crippen molar-refractivity contribution in [3.8, 4) is 0 Å². The fourth-order valence-electron chi connectivity index (χ4n) is 2.68. The summed E-state index contributed by atoms with van der Waals surface area (Å²) < 4.78 is 1.57. The molecule has 0 aliphatic carbocycles. The number of carbonyl (C=O) groups excluding carboxylic acids is 1. The first-order valence-corrected chi connectivity index (χ1v) is 7.93. The highest BCUT2D eigenvalue weighted by atomic mass is 16.2. The molecule has 0 saturated heterocycles. The summed E-state index contributed by atoms with van der Waals surface area (Å²) in [4.78, 5) is 31.0. The number of aromatic nitrogens is 2. The minimum Gasteiger partial charge on any atom is -0.352 e. The maximum absolute atomic E-state index is 12.5. The first kappa shape index (κ1) is 15.3. The number of fused-ring (bicyclic) bond motifs is 1. The average molecular weight is 312 g/mol. The quantitative estimate of drug-likeness (QED) is 0.857. The molecule has 120 valence electrons. The number of carbonyl (C=O) groups is 1. The third-order valence-electron chi connectivity index (χ3n) is 3.94. The number of benzene rings is 1. The summed E-state index contributed by atoms with van der Waals surface area (Å²) in [5.41, 5.74) is 0.827. The normalized spacial score (nSPS) is 13.0. The molecule has 0 unspecified atom stereocenters. The monoisotopic (exact) mass is 312 g/mol. The van der Waals surface area contributed by atoms with E-state index in [4.69, 9.17) is 0 Å². The molecule has 1 aromatic carbocycles. The number of para-hydroxylation sites is 1. The first-order valence-electron chi connectivity index (χ1n) is 7.93. The number of rotatable bonds is 5. The van der Waals surface area contributed by atoms with E-state index in [9.17, 15) is 9.59 Å². The highest BCUT2D eigenvalue weighted by Crippen LogP contribution is 2.26. The van der Waals surface area contributed by atoms with E-state index in [0.717, 1.165) is 18.5 Å². The average Bonchev–Trinajstić information content (AvgIpc) is 3.01. The highest BCUT2D eigenvalue weighted by molar-refractivity contribution is 5.93. The van der Waals surface area contributed by atoms with E-state index in [1.54, 1.807) is 4.57 Å². The van der Waals surface area contributed by atoms with Gasteiger partial charge < -0.3 is 10.2 Å². The van der Waals surface area contributed by atoms with Crippen LogP contribution >= 0.6 is 0 Å². The number of unbranched alkanes of at least 4 members (excludes halogenated alkanes) is 1. The third-order valence-corrected chi connectivity index (χ3v) is 3.94. The Morgan fingerprint density at radius 3 is 2.78 bits per heavy atom. The van der Waals surface area contributed by atoms with Gasteiger partial charge in [-0.3, -0.25) is 14.2 Å². The van der Waals surface area contributed by atoms with Crippen LogP contribution in [0, 0.1) is 0 Å². The second-order valence-electron chi connectivity index (χ2n) is 5.53. The minimum absolute atomic E-state index is 0.111. The molecule has 23 heavy (non-hydrogen) atoms. The Morgan fingerprint density at radius 1 is 1.26 bits per heavy atom. The van der Waals surface area contributed by atoms with Crippen molar-refractivity contribution in [3.63, 3.8) is 0 Å². The zero-order chi connectivity index (χ0) is 16.2. The van der Waals surface area contributed by atoms with Gasteiger partial charge >= 0.3 is 0 Å². The van der Waals surface area contributed by atoms with E-state index in [1.165, 1.54) is 6.20 Å². The van der Waals surface area contributed by atoms with Crippen molar-refractivity contribution in [1.82, 2.24) is 14.9 Å². The predicted octanol–water partition coefficient (Wildman–Crippen LogP) is 1.92. The number of amides is 1. The zero-order valence-corrected chi connectivity index (χ0v) is 13.2. The summed E-state index contributed by atoms with van der Waals surface area (Å²) in [5.74, 6) is 0.246. The van der Waals surface area contributed by atoms with Crippen LogP contribution < -0.4 is 15.8 Å². The molecule has 1 amide bonds. The summed E-state index contributed by atoms with van der Waals surface area (Å²) in [6.07, 6.45) is 3.28. The molecular weight excluding hydrogens is 292 g/mol. The Labute approximate surface area is 134 Å².